The predicted molar refractivity (Wildman–Crippen MR) is 40.4 cm³/mol. The van der Waals surface area contributed by atoms with Crippen LogP contribution in [-0.4, -0.2) is 13.1 Å². The van der Waals surface area contributed by atoms with E-state index in [1.54, 1.807) is 0 Å². The molecule has 2 atom stereocenters. The van der Waals surface area contributed by atoms with Gasteiger partial charge in [-0.1, -0.05) is 20.3 Å². The van der Waals surface area contributed by atoms with Crippen molar-refractivity contribution in [1.82, 2.24) is 5.32 Å². The van der Waals surface area contributed by atoms with E-state index in [-0.39, 0.29) is 0 Å². The van der Waals surface area contributed by atoms with Crippen LogP contribution in [0.15, 0.2) is 0 Å². The quantitative estimate of drug-likeness (QED) is 0.564. The summed E-state index contributed by atoms with van der Waals surface area (Å²) in [6.45, 7) is 7.09. The molecule has 1 nitrogen and oxygen atoms in total. The molecule has 1 rings (SSSR count). The molecule has 1 fully saturated rings. The number of rotatable bonds is 1. The largest absolute Gasteiger partial charge is 0.316 e. The van der Waals surface area contributed by atoms with Crippen LogP contribution in [0.3, 0.4) is 0 Å². The topological polar surface area (TPSA) is 12.0 Å². The number of piperidine rings is 1. The Bertz CT molecular complexity index is 80.6. The smallest absolute Gasteiger partial charge is 0.00204 e. The Labute approximate surface area is 57.8 Å². The minimum atomic E-state index is 0.906. The second-order valence-electron chi connectivity index (χ2n) is 3.27. The van der Waals surface area contributed by atoms with Gasteiger partial charge in [-0.25, -0.2) is 0 Å². The average molecular weight is 127 g/mol. The third-order valence-electron chi connectivity index (χ3n) is 2.24. The Morgan fingerprint density at radius 2 is 2.22 bits per heavy atom. The molecular formula is C8H17N. The van der Waals surface area contributed by atoms with Gasteiger partial charge in [0, 0.05) is 0 Å². The molecule has 0 saturated carbocycles. The van der Waals surface area contributed by atoms with Gasteiger partial charge in [-0.15, -0.1) is 0 Å². The molecule has 1 N–H and O–H groups in total. The maximum atomic E-state index is 3.44. The molecule has 0 amide bonds. The molecule has 0 aromatic rings. The van der Waals surface area contributed by atoms with Gasteiger partial charge >= 0.3 is 0 Å². The average Bonchev–Trinajstić information content (AvgIpc) is 1.88. The molecule has 9 heavy (non-hydrogen) atoms. The highest BCUT2D eigenvalue weighted by Gasteiger charge is 2.15. The Hall–Kier alpha value is -0.0400. The Balaban J connectivity index is 2.23. The fourth-order valence-electron chi connectivity index (χ4n) is 1.58. The van der Waals surface area contributed by atoms with Gasteiger partial charge in [-0.05, 0) is 31.3 Å². The van der Waals surface area contributed by atoms with E-state index in [2.05, 4.69) is 19.2 Å². The molecule has 1 aliphatic heterocycles. The van der Waals surface area contributed by atoms with Crippen molar-refractivity contribution in [3.05, 3.63) is 0 Å². The van der Waals surface area contributed by atoms with Gasteiger partial charge in [0.25, 0.3) is 0 Å². The zero-order valence-electron chi connectivity index (χ0n) is 6.48. The van der Waals surface area contributed by atoms with Crippen molar-refractivity contribution in [2.75, 3.05) is 13.1 Å². The third-order valence-corrected chi connectivity index (χ3v) is 2.24. The highest BCUT2D eigenvalue weighted by atomic mass is 14.9. The van der Waals surface area contributed by atoms with Crippen LogP contribution in [0.2, 0.25) is 0 Å². The second kappa shape index (κ2) is 3.21. The first-order chi connectivity index (χ1) is 4.33. The molecule has 1 heteroatoms. The van der Waals surface area contributed by atoms with E-state index in [0.29, 0.717) is 0 Å². The minimum Gasteiger partial charge on any atom is -0.316 e. The zero-order chi connectivity index (χ0) is 6.69. The molecule has 1 saturated heterocycles. The first-order valence-electron chi connectivity index (χ1n) is 4.03. The number of hydrogen-bond acceptors (Lipinski definition) is 1. The summed E-state index contributed by atoms with van der Waals surface area (Å²) < 4.78 is 0. The standard InChI is InChI=1S/C8H17N/c1-3-8-4-7(2)5-9-6-8/h7-9H,3-6H2,1-2H3/t7?,8-/m0/s1. The molecule has 0 aliphatic carbocycles. The summed E-state index contributed by atoms with van der Waals surface area (Å²) in [5, 5.41) is 3.44. The van der Waals surface area contributed by atoms with Gasteiger partial charge in [0.15, 0.2) is 0 Å². The van der Waals surface area contributed by atoms with Gasteiger partial charge in [0.2, 0.25) is 0 Å². The fourth-order valence-corrected chi connectivity index (χ4v) is 1.58. The van der Waals surface area contributed by atoms with E-state index in [4.69, 9.17) is 0 Å². The van der Waals surface area contributed by atoms with Crippen LogP contribution in [0.4, 0.5) is 0 Å². The summed E-state index contributed by atoms with van der Waals surface area (Å²) in [5.41, 5.74) is 0. The summed E-state index contributed by atoms with van der Waals surface area (Å²) >= 11 is 0. The first-order valence-corrected chi connectivity index (χ1v) is 4.03. The lowest BCUT2D eigenvalue weighted by Crippen LogP contribution is -2.34. The highest BCUT2D eigenvalue weighted by Crippen LogP contribution is 2.17. The fraction of sp³-hybridized carbons (Fsp3) is 1.00. The van der Waals surface area contributed by atoms with Crippen LogP contribution in [0.5, 0.6) is 0 Å². The van der Waals surface area contributed by atoms with Crippen LogP contribution in [-0.2, 0) is 0 Å². The van der Waals surface area contributed by atoms with Crippen LogP contribution in [0, 0.1) is 11.8 Å². The molecule has 1 unspecified atom stereocenters. The monoisotopic (exact) mass is 127 g/mol. The van der Waals surface area contributed by atoms with E-state index in [1.807, 2.05) is 0 Å². The molecule has 1 aliphatic rings. The van der Waals surface area contributed by atoms with Crippen molar-refractivity contribution in [3.8, 4) is 0 Å². The lowest BCUT2D eigenvalue weighted by molar-refractivity contribution is 0.296. The van der Waals surface area contributed by atoms with Gasteiger partial charge in [0.05, 0.1) is 0 Å². The van der Waals surface area contributed by atoms with Crippen LogP contribution in [0.1, 0.15) is 26.7 Å². The van der Waals surface area contributed by atoms with E-state index >= 15 is 0 Å². The van der Waals surface area contributed by atoms with Crippen molar-refractivity contribution in [3.63, 3.8) is 0 Å². The minimum absolute atomic E-state index is 0.906. The maximum Gasteiger partial charge on any atom is -0.00204 e. The van der Waals surface area contributed by atoms with E-state index in [9.17, 15) is 0 Å². The lowest BCUT2D eigenvalue weighted by Gasteiger charge is -2.26. The summed E-state index contributed by atoms with van der Waals surface area (Å²) in [6, 6.07) is 0. The summed E-state index contributed by atoms with van der Waals surface area (Å²) in [6.07, 6.45) is 2.78. The molecule has 54 valence electrons. The number of hydrogen-bond donors (Lipinski definition) is 1. The Kier molecular flexibility index (Phi) is 2.52. The molecule has 1 heterocycles. The lowest BCUT2D eigenvalue weighted by atomic mass is 9.90. The van der Waals surface area contributed by atoms with Crippen LogP contribution < -0.4 is 5.32 Å². The first kappa shape index (κ1) is 7.07. The van der Waals surface area contributed by atoms with Crippen LogP contribution >= 0.6 is 0 Å². The molecule has 0 aromatic heterocycles. The van der Waals surface area contributed by atoms with E-state index < -0.39 is 0 Å². The highest BCUT2D eigenvalue weighted by molar-refractivity contribution is 4.71. The van der Waals surface area contributed by atoms with Crippen molar-refractivity contribution >= 4 is 0 Å². The second-order valence-corrected chi connectivity index (χ2v) is 3.27. The van der Waals surface area contributed by atoms with Crippen molar-refractivity contribution < 1.29 is 0 Å². The molecular weight excluding hydrogens is 110 g/mol. The van der Waals surface area contributed by atoms with Crippen LogP contribution in [0.25, 0.3) is 0 Å². The van der Waals surface area contributed by atoms with E-state index in [0.717, 1.165) is 11.8 Å². The number of nitrogens with one attached hydrogen (secondary N) is 1. The van der Waals surface area contributed by atoms with Gasteiger partial charge in [-0.3, -0.25) is 0 Å². The van der Waals surface area contributed by atoms with Crippen molar-refractivity contribution in [2.45, 2.75) is 26.7 Å². The van der Waals surface area contributed by atoms with Crippen molar-refractivity contribution in [1.29, 1.82) is 0 Å². The molecule has 0 aromatic carbocycles. The maximum absolute atomic E-state index is 3.44. The van der Waals surface area contributed by atoms with Gasteiger partial charge in [-0.2, -0.15) is 0 Å². The Morgan fingerprint density at radius 3 is 2.67 bits per heavy atom. The van der Waals surface area contributed by atoms with Gasteiger partial charge in [0.1, 0.15) is 0 Å². The third kappa shape index (κ3) is 1.98. The molecule has 0 radical (unpaired) electrons. The van der Waals surface area contributed by atoms with E-state index in [1.165, 1.54) is 25.9 Å². The van der Waals surface area contributed by atoms with Crippen molar-refractivity contribution in [2.24, 2.45) is 11.8 Å². The SMILES string of the molecule is CC[C@@H]1CNCC(C)C1. The van der Waals surface area contributed by atoms with Gasteiger partial charge < -0.3 is 5.32 Å². The normalized spacial score (nSPS) is 36.7. The summed E-state index contributed by atoms with van der Waals surface area (Å²) in [4.78, 5) is 0. The summed E-state index contributed by atoms with van der Waals surface area (Å²) in [7, 11) is 0. The zero-order valence-corrected chi connectivity index (χ0v) is 6.48. The molecule has 0 spiro atoms. The predicted octanol–water partition coefficient (Wildman–Crippen LogP) is 1.64. The molecule has 0 bridgehead atoms. The summed E-state index contributed by atoms with van der Waals surface area (Å²) in [5.74, 6) is 1.86. The Morgan fingerprint density at radius 1 is 1.44 bits per heavy atom.